The van der Waals surface area contributed by atoms with Crippen molar-refractivity contribution in [1.29, 1.82) is 0 Å². The van der Waals surface area contributed by atoms with E-state index in [4.69, 9.17) is 0 Å². The van der Waals surface area contributed by atoms with Gasteiger partial charge in [-0.3, -0.25) is 0 Å². The van der Waals surface area contributed by atoms with Crippen molar-refractivity contribution in [1.82, 2.24) is 0 Å². The molecular weight excluding hydrogens is 104 g/mol. The summed E-state index contributed by atoms with van der Waals surface area (Å²) in [7, 11) is 0. The molecule has 5 heavy (non-hydrogen) atoms. The molecule has 0 aliphatic rings. The van der Waals surface area contributed by atoms with E-state index in [1.165, 1.54) is 0 Å². The van der Waals surface area contributed by atoms with Crippen molar-refractivity contribution in [2.45, 2.75) is 7.43 Å². The quantitative estimate of drug-likeness (QED) is 0.273. The third kappa shape index (κ3) is 18.0. The summed E-state index contributed by atoms with van der Waals surface area (Å²) in [4.78, 5) is 0. The van der Waals surface area contributed by atoms with Crippen LogP contribution in [0.3, 0.4) is 0 Å². The molecule has 0 unspecified atom stereocenters. The molecule has 0 aromatic rings. The van der Waals surface area contributed by atoms with Crippen LogP contribution < -0.4 is 118 Å². The normalized spacial score (nSPS) is 0. The molecule has 4 heteroatoms. The molecule has 0 radical (unpaired) electrons. The first-order valence-electron chi connectivity index (χ1n) is 0. The molecule has 0 rings (SSSR count). The summed E-state index contributed by atoms with van der Waals surface area (Å²) in [6, 6.07) is 0. The molecule has 0 aromatic heterocycles. The number of hydrogen-bond acceptors (Lipinski definition) is 0. The van der Waals surface area contributed by atoms with Gasteiger partial charge in [-0.05, 0) is 0 Å². The van der Waals surface area contributed by atoms with Gasteiger partial charge in [0.1, 0.15) is 0 Å². The van der Waals surface area contributed by atoms with Gasteiger partial charge in [0.15, 0.2) is 0 Å². The van der Waals surface area contributed by atoms with E-state index in [9.17, 15) is 0 Å². The Bertz CT molecular complexity index is 12.5. The average Bonchev–Trinajstić information content (AvgIpc) is 0. The van der Waals surface area contributed by atoms with Crippen LogP contribution in [0.1, 0.15) is 13.1 Å². The first-order valence-corrected chi connectivity index (χ1v) is 0. The smallest absolute Gasteiger partial charge is 1.00 e. The first-order chi connectivity index (χ1) is 0. The monoisotopic (exact) mass is 112 g/mol. The zero-order valence-electron chi connectivity index (χ0n) is 8.00. The van der Waals surface area contributed by atoms with Crippen LogP contribution in [0, 0.1) is 0 Å². The largest absolute Gasteiger partial charge is 1.00 e. The van der Waals surface area contributed by atoms with Crippen molar-refractivity contribution in [3.63, 3.8) is 0 Å². The third-order valence-electron chi connectivity index (χ3n) is 0. The minimum Gasteiger partial charge on any atom is -1.00 e. The fraction of sp³-hybridized carbons (Fsp3) is 1.00. The summed E-state index contributed by atoms with van der Waals surface area (Å²) in [5.41, 5.74) is 0. The molecule has 0 heterocycles. The summed E-state index contributed by atoms with van der Waals surface area (Å²) in [6.45, 7) is 0. The molecule has 0 saturated carbocycles. The second-order valence-corrected chi connectivity index (χ2v) is 0. The first kappa shape index (κ1) is 36.0. The Balaban J connectivity index is 0. The van der Waals surface area contributed by atoms with E-state index in [-0.39, 0.29) is 131 Å². The minimum atomic E-state index is 0. The zero-order valence-corrected chi connectivity index (χ0v) is 12.0. The fourth-order valence-corrected chi connectivity index (χ4v) is 0. The molecule has 0 atom stereocenters. The van der Waals surface area contributed by atoms with E-state index >= 15 is 0 Å². The predicted molar refractivity (Wildman–Crippen MR) is 11.2 cm³/mol. The maximum absolute atomic E-state index is 0. The van der Waals surface area contributed by atoms with Gasteiger partial charge in [0, 0.05) is 0 Å². The molecule has 0 bridgehead atoms. The van der Waals surface area contributed by atoms with Crippen molar-refractivity contribution in [2.24, 2.45) is 0 Å². The molecule has 0 aliphatic heterocycles. The average molecular weight is 112 g/mol. The molecule has 0 amide bonds. The topological polar surface area (TPSA) is 0 Å². The molecule has 0 nitrogen and oxygen atoms in total. The summed E-state index contributed by atoms with van der Waals surface area (Å²) in [6.07, 6.45) is 0. The van der Waals surface area contributed by atoms with Crippen LogP contribution in [0.15, 0.2) is 0 Å². The van der Waals surface area contributed by atoms with Gasteiger partial charge in [-0.25, -0.2) is 0 Å². The molecule has 0 spiro atoms. The Morgan fingerprint density at radius 3 is 0.600 bits per heavy atom. The Morgan fingerprint density at radius 2 is 0.600 bits per heavy atom. The Labute approximate surface area is 128 Å². The van der Waals surface area contributed by atoms with Gasteiger partial charge in [-0.1, -0.05) is 7.43 Å². The second-order valence-electron chi connectivity index (χ2n) is 0. The maximum atomic E-state index is 0. The van der Waals surface area contributed by atoms with Gasteiger partial charge >= 0.3 is 118 Å². The molecule has 0 fully saturated rings. The van der Waals surface area contributed by atoms with Crippen molar-refractivity contribution in [3.8, 4) is 0 Å². The second kappa shape index (κ2) is 24.5. The minimum absolute atomic E-state index is 0. The maximum Gasteiger partial charge on any atom is 1.00 e. The summed E-state index contributed by atoms with van der Waals surface area (Å²) in [5, 5.41) is 0. The third-order valence-corrected chi connectivity index (χ3v) is 0. The van der Waals surface area contributed by atoms with Gasteiger partial charge in [0.2, 0.25) is 0 Å². The van der Waals surface area contributed by atoms with E-state index < -0.39 is 0 Å². The van der Waals surface area contributed by atoms with Crippen molar-refractivity contribution >= 4 is 0 Å². The molecule has 0 aliphatic carbocycles. The van der Waals surface area contributed by atoms with Crippen LogP contribution in [-0.2, 0) is 0 Å². The Kier molecular flexibility index (Phi) is 176. The summed E-state index contributed by atoms with van der Waals surface area (Å²) < 4.78 is 0. The van der Waals surface area contributed by atoms with E-state index in [2.05, 4.69) is 0 Å². The van der Waals surface area contributed by atoms with Gasteiger partial charge in [0.25, 0.3) is 0 Å². The predicted octanol–water partition coefficient (Wildman–Crippen LogP) is -10.9. The van der Waals surface area contributed by atoms with Crippen molar-refractivity contribution in [2.75, 3.05) is 0 Å². The van der Waals surface area contributed by atoms with Crippen LogP contribution >= 0.6 is 0 Å². The molecular formula is CH8Na4. The SMILES string of the molecule is C.[H-].[H-].[H-].[H-].[Na+].[Na+].[Na+].[Na+]. The number of hydrogen-bond donors (Lipinski definition) is 0. The van der Waals surface area contributed by atoms with Gasteiger partial charge in [-0.2, -0.15) is 0 Å². The zero-order chi connectivity index (χ0) is 0. The molecule has 16 valence electrons. The molecule has 0 saturated heterocycles. The van der Waals surface area contributed by atoms with E-state index in [0.717, 1.165) is 0 Å². The van der Waals surface area contributed by atoms with Crippen LogP contribution in [0.2, 0.25) is 0 Å². The van der Waals surface area contributed by atoms with Crippen LogP contribution in [0.4, 0.5) is 0 Å². The Hall–Kier alpha value is 4.00. The fourth-order valence-electron chi connectivity index (χ4n) is 0. The Morgan fingerprint density at radius 1 is 0.600 bits per heavy atom. The van der Waals surface area contributed by atoms with Crippen molar-refractivity contribution < 1.29 is 124 Å². The van der Waals surface area contributed by atoms with Crippen molar-refractivity contribution in [3.05, 3.63) is 0 Å². The van der Waals surface area contributed by atoms with Gasteiger partial charge in [0.05, 0.1) is 0 Å². The van der Waals surface area contributed by atoms with E-state index in [0.29, 0.717) is 0 Å². The standard InChI is InChI=1S/CH4.4Na.4H/h1H4;;;;;;;;/q;4*+1;4*-1. The van der Waals surface area contributed by atoms with Gasteiger partial charge in [-0.15, -0.1) is 0 Å². The summed E-state index contributed by atoms with van der Waals surface area (Å²) >= 11 is 0. The molecule has 0 N–H and O–H groups in total. The number of rotatable bonds is 0. The van der Waals surface area contributed by atoms with Gasteiger partial charge < -0.3 is 5.71 Å². The van der Waals surface area contributed by atoms with Crippen LogP contribution in [-0.4, -0.2) is 0 Å². The van der Waals surface area contributed by atoms with Crippen LogP contribution in [0.25, 0.3) is 0 Å². The van der Waals surface area contributed by atoms with E-state index in [1.54, 1.807) is 0 Å². The van der Waals surface area contributed by atoms with Crippen LogP contribution in [0.5, 0.6) is 0 Å². The molecule has 0 aromatic carbocycles. The van der Waals surface area contributed by atoms with E-state index in [1.807, 2.05) is 0 Å². The summed E-state index contributed by atoms with van der Waals surface area (Å²) in [5.74, 6) is 0.